The van der Waals surface area contributed by atoms with Gasteiger partial charge >= 0.3 is 24.2 Å². The van der Waals surface area contributed by atoms with E-state index in [4.69, 9.17) is 42.1 Å². The van der Waals surface area contributed by atoms with Crippen molar-refractivity contribution in [2.24, 2.45) is 23.7 Å². The van der Waals surface area contributed by atoms with E-state index in [2.05, 4.69) is 58.5 Å². The molecule has 2 saturated heterocycles. The molecule has 11 atom stereocenters. The molecule has 0 saturated carbocycles. The van der Waals surface area contributed by atoms with Gasteiger partial charge in [-0.3, -0.25) is 47.9 Å². The van der Waals surface area contributed by atoms with Gasteiger partial charge in [0.2, 0.25) is 59.1 Å². The summed E-state index contributed by atoms with van der Waals surface area (Å²) in [4.78, 5) is 205. The number of carbonyl (C=O) groups excluding carboxylic acids is 13. The molecule has 6 aromatic carbocycles. The monoisotopic (exact) mass is 1850 g/mol. The van der Waals surface area contributed by atoms with E-state index in [-0.39, 0.29) is 128 Å². The van der Waals surface area contributed by atoms with Crippen molar-refractivity contribution in [1.82, 2.24) is 68.3 Å². The number of rotatable bonds is 47. The van der Waals surface area contributed by atoms with Crippen molar-refractivity contribution in [2.45, 2.75) is 252 Å². The van der Waals surface area contributed by atoms with Gasteiger partial charge in [0.05, 0.1) is 0 Å². The Kier molecular flexibility index (Phi) is 41.2. The number of hydrogen-bond donors (Lipinski definition) is 12. The quantitative estimate of drug-likeness (QED) is 0.0125. The van der Waals surface area contributed by atoms with E-state index in [1.807, 2.05) is 39.8 Å². The first-order chi connectivity index (χ1) is 62.4. The van der Waals surface area contributed by atoms with Crippen LogP contribution in [0.25, 0.3) is 0 Å². The number of benzene rings is 6. The third kappa shape index (κ3) is 34.5. The van der Waals surface area contributed by atoms with Crippen LogP contribution >= 0.6 is 23.2 Å². The fourth-order valence-electron chi connectivity index (χ4n) is 15.2. The molecule has 32 nitrogen and oxygen atoms in total. The molecule has 34 heteroatoms. The zero-order chi connectivity index (χ0) is 95.4. The number of nitrogens with one attached hydrogen (secondary N) is 11. The standard InChI is InChI=1S/C97H127Cl2N13O19/c1-59(2)51-74(85(115)108-78(55-64-31-18-13-19-32-64)92(122)112-50-28-42-80(112)93(123)124)104-83(113)72(39-25-47-100-94(125)129-56-66-33-20-14-21-34-66)102-89(119)81(61(5)6)109-87(117)76(54-65-43-45-68(46-44-65)128-58-69-70(98)37-24-38-71(69)99)105-86(116)75(53-63-29-16-12-17-30-63)106-88(118)79-41-27-49-111(79)91(121)77(52-60(3)4)107-84(114)73(40-26-48-101-95(126)130-57-67-35-22-15-23-36-67)103-90(120)82(62(7)8)110-96(127)131-97(9,10)11/h12-24,29-38,43-46,59-62,72-82H,25-28,39-42,47-58H2,1-11H3,(H,100,125)(H,101,126)(H,102,119)(H,103,120)(H,104,113)(H,105,116)(H,106,118)(H,107,114)(H,108,115)(H,109,117)(H,110,127)(H,123,124)/t72-,73-,74-,75+,76+,77-,78+,79-,80-,81-,82-/m0/s1. The minimum Gasteiger partial charge on any atom is -0.489 e. The molecular weight excluding hydrogens is 1720 g/mol. The second-order valence-electron chi connectivity index (χ2n) is 35.5. The Balaban J connectivity index is 1.06. The maximum absolute atomic E-state index is 15.6. The molecular formula is C97H127Cl2N13O19. The molecule has 2 aliphatic rings. The number of nitrogens with zero attached hydrogens (tertiary/aromatic N) is 2. The number of carbonyl (C=O) groups is 14. The highest BCUT2D eigenvalue weighted by Gasteiger charge is 2.43. The van der Waals surface area contributed by atoms with Crippen LogP contribution in [0.1, 0.15) is 174 Å². The molecule has 8 rings (SSSR count). The summed E-state index contributed by atoms with van der Waals surface area (Å²) in [7, 11) is 0. The number of carboxylic acids is 1. The van der Waals surface area contributed by atoms with E-state index in [9.17, 15) is 43.5 Å². The van der Waals surface area contributed by atoms with Crippen molar-refractivity contribution in [3.8, 4) is 5.75 Å². The fourth-order valence-corrected chi connectivity index (χ4v) is 15.7. The third-order valence-electron chi connectivity index (χ3n) is 22.0. The maximum Gasteiger partial charge on any atom is 0.408 e. The SMILES string of the molecule is CC(C)C[C@H](NC(=O)[C@H](CCCNC(=O)OCc1ccccc1)NC(=O)[C@@H](NC(=O)[C@@H](Cc1ccc(OCc2c(Cl)cccc2Cl)cc1)NC(=O)[C@@H](Cc1ccccc1)NC(=O)[C@@H]1CCCN1C(=O)[C@H](CC(C)C)NC(=O)[C@H](CCCNC(=O)OCc1ccccc1)NC(=O)[C@@H](NC(=O)OC(C)(C)C)C(C)C)C(C)C)C(=O)N[C@H](Cc1ccccc1)C(=O)N1CCC[C@H]1C(=O)O. The van der Waals surface area contributed by atoms with Gasteiger partial charge in [-0.2, -0.15) is 0 Å². The first-order valence-corrected chi connectivity index (χ1v) is 45.5. The van der Waals surface area contributed by atoms with Crippen LogP contribution in [-0.2, 0) is 106 Å². The minimum atomic E-state index is -1.56. The molecule has 0 bridgehead atoms. The van der Waals surface area contributed by atoms with Crippen molar-refractivity contribution in [3.05, 3.63) is 207 Å². The zero-order valence-corrected chi connectivity index (χ0v) is 77.8. The molecule has 0 aliphatic carbocycles. The highest BCUT2D eigenvalue weighted by Crippen LogP contribution is 2.28. The van der Waals surface area contributed by atoms with Crippen LogP contribution < -0.4 is 63.2 Å². The van der Waals surface area contributed by atoms with Crippen LogP contribution in [-0.4, -0.2) is 196 Å². The molecule has 6 aromatic rings. The summed E-state index contributed by atoms with van der Waals surface area (Å²) in [5.74, 6) is -10.4. The predicted octanol–water partition coefficient (Wildman–Crippen LogP) is 10.3. The molecule has 2 heterocycles. The van der Waals surface area contributed by atoms with E-state index in [0.717, 1.165) is 11.1 Å². The molecule has 131 heavy (non-hydrogen) atoms. The lowest BCUT2D eigenvalue weighted by atomic mass is 9.98. The number of likely N-dealkylation sites (tertiary alicyclic amines) is 2. The van der Waals surface area contributed by atoms with Crippen LogP contribution in [0.5, 0.6) is 5.75 Å². The van der Waals surface area contributed by atoms with Gasteiger partial charge < -0.3 is 92.3 Å². The summed E-state index contributed by atoms with van der Waals surface area (Å²) in [6.07, 6.45) is -1.81. The van der Waals surface area contributed by atoms with Gasteiger partial charge in [0.15, 0.2) is 0 Å². The molecule has 0 radical (unpaired) electrons. The number of aliphatic carboxylic acids is 1. The summed E-state index contributed by atoms with van der Waals surface area (Å²) in [6.45, 7) is 19.0. The Morgan fingerprint density at radius 3 is 1.24 bits per heavy atom. The molecule has 0 unspecified atom stereocenters. The Bertz CT molecular complexity index is 4780. The number of carboxylic acid groups (broad SMARTS) is 1. The van der Waals surface area contributed by atoms with Gasteiger partial charge in [0, 0.05) is 61.1 Å². The van der Waals surface area contributed by atoms with Crippen LogP contribution in [0.4, 0.5) is 14.4 Å². The number of halogens is 2. The number of hydrogen-bond acceptors (Lipinski definition) is 18. The summed E-state index contributed by atoms with van der Waals surface area (Å²) < 4.78 is 22.4. The number of alkyl carbamates (subject to hydrolysis) is 3. The van der Waals surface area contributed by atoms with Crippen molar-refractivity contribution < 1.29 is 91.2 Å². The Morgan fingerprint density at radius 1 is 0.397 bits per heavy atom. The van der Waals surface area contributed by atoms with E-state index in [1.165, 1.54) is 9.80 Å². The van der Waals surface area contributed by atoms with Crippen molar-refractivity contribution in [2.75, 3.05) is 26.2 Å². The molecule has 0 spiro atoms. The van der Waals surface area contributed by atoms with E-state index < -0.39 is 167 Å². The van der Waals surface area contributed by atoms with Crippen molar-refractivity contribution in [3.63, 3.8) is 0 Å². The molecule has 2 aliphatic heterocycles. The lowest BCUT2D eigenvalue weighted by Crippen LogP contribution is -2.61. The molecule has 708 valence electrons. The second kappa shape index (κ2) is 51.9. The summed E-state index contributed by atoms with van der Waals surface area (Å²) in [5.41, 5.74) is 2.78. The summed E-state index contributed by atoms with van der Waals surface area (Å²) in [5, 5.41) is 41.6. The largest absolute Gasteiger partial charge is 0.489 e. The van der Waals surface area contributed by atoms with Crippen LogP contribution in [0.15, 0.2) is 164 Å². The second-order valence-corrected chi connectivity index (χ2v) is 36.3. The predicted molar refractivity (Wildman–Crippen MR) is 493 cm³/mol. The van der Waals surface area contributed by atoms with Gasteiger partial charge in [-0.25, -0.2) is 19.2 Å². The summed E-state index contributed by atoms with van der Waals surface area (Å²) in [6, 6.07) is 32.2. The van der Waals surface area contributed by atoms with Crippen molar-refractivity contribution in [1.29, 1.82) is 0 Å². The Morgan fingerprint density at radius 2 is 0.771 bits per heavy atom. The molecule has 13 amide bonds. The fraction of sp³-hybridized carbons (Fsp3) is 0.485. The van der Waals surface area contributed by atoms with Gasteiger partial charge in [0.1, 0.15) is 97.6 Å². The Labute approximate surface area is 776 Å². The van der Waals surface area contributed by atoms with Crippen LogP contribution in [0.3, 0.4) is 0 Å². The van der Waals surface area contributed by atoms with E-state index in [0.29, 0.717) is 50.9 Å². The molecule has 2 fully saturated rings. The Hall–Kier alpha value is -12.3. The first kappa shape index (κ1) is 104. The van der Waals surface area contributed by atoms with Crippen molar-refractivity contribution >= 4 is 107 Å². The lowest BCUT2D eigenvalue weighted by Gasteiger charge is -2.32. The highest BCUT2D eigenvalue weighted by molar-refractivity contribution is 6.36. The van der Waals surface area contributed by atoms with Gasteiger partial charge in [-0.1, -0.05) is 218 Å². The van der Waals surface area contributed by atoms with E-state index in [1.54, 1.807) is 200 Å². The first-order valence-electron chi connectivity index (χ1n) is 44.8. The smallest absolute Gasteiger partial charge is 0.408 e. The molecule has 0 aromatic heterocycles. The van der Waals surface area contributed by atoms with Gasteiger partial charge in [-0.05, 0) is 161 Å². The highest BCUT2D eigenvalue weighted by atomic mass is 35.5. The number of amides is 13. The zero-order valence-electron chi connectivity index (χ0n) is 76.3. The molecule has 12 N–H and O–H groups in total. The minimum absolute atomic E-state index is 0.000790. The number of ether oxygens (including phenoxy) is 4. The average molecular weight is 1850 g/mol. The maximum atomic E-state index is 15.6. The lowest BCUT2D eigenvalue weighted by molar-refractivity contribution is -0.149. The summed E-state index contributed by atoms with van der Waals surface area (Å²) >= 11 is 13.0. The topological polar surface area (TPSA) is 435 Å². The van der Waals surface area contributed by atoms with Crippen LogP contribution in [0, 0.1) is 23.7 Å². The van der Waals surface area contributed by atoms with Crippen LogP contribution in [0.2, 0.25) is 10.0 Å². The normalized spacial score (nSPS) is 15.7. The van der Waals surface area contributed by atoms with Gasteiger partial charge in [-0.15, -0.1) is 0 Å². The average Bonchev–Trinajstić information content (AvgIpc) is 1.69. The third-order valence-corrected chi connectivity index (χ3v) is 22.7. The van der Waals surface area contributed by atoms with E-state index >= 15 is 28.8 Å². The van der Waals surface area contributed by atoms with Gasteiger partial charge in [0.25, 0.3) is 0 Å².